The third-order valence-corrected chi connectivity index (χ3v) is 7.35. The summed E-state index contributed by atoms with van der Waals surface area (Å²) in [5.74, 6) is -0.522. The maximum atomic E-state index is 13.0. The van der Waals surface area contributed by atoms with Gasteiger partial charge in [-0.15, -0.1) is 16.7 Å². The van der Waals surface area contributed by atoms with Crippen LogP contribution in [0, 0.1) is 12.3 Å². The number of fused-ring (bicyclic) bond motifs is 1. The van der Waals surface area contributed by atoms with Gasteiger partial charge in [-0.25, -0.2) is 0 Å². The lowest BCUT2D eigenvalue weighted by Crippen LogP contribution is -2.53. The minimum Gasteiger partial charge on any atom is -0.366 e. The fourth-order valence-electron chi connectivity index (χ4n) is 3.97. The van der Waals surface area contributed by atoms with Crippen LogP contribution in [0.5, 0.6) is 0 Å². The van der Waals surface area contributed by atoms with Gasteiger partial charge in [0.25, 0.3) is 5.56 Å². The quantitative estimate of drug-likeness (QED) is 0.344. The highest BCUT2D eigenvalue weighted by atomic mass is 35.5. The van der Waals surface area contributed by atoms with E-state index in [1.54, 1.807) is 55.5 Å². The number of carbonyl (C=O) groups excluding carboxylic acids is 1. The van der Waals surface area contributed by atoms with Gasteiger partial charge in [-0.05, 0) is 55.7 Å². The lowest BCUT2D eigenvalue weighted by atomic mass is 9.81. The molecule has 3 aromatic rings. The van der Waals surface area contributed by atoms with E-state index in [9.17, 15) is 19.8 Å². The molecule has 3 N–H and O–H groups in total. The number of allylic oxidation sites excluding steroid dienone is 3. The van der Waals surface area contributed by atoms with Gasteiger partial charge in [-0.3, -0.25) is 9.59 Å². The molecule has 0 fully saturated rings. The van der Waals surface area contributed by atoms with E-state index in [4.69, 9.17) is 23.2 Å². The number of nitrogens with one attached hydrogen (secondary N) is 1. The van der Waals surface area contributed by atoms with Gasteiger partial charge < -0.3 is 15.5 Å². The average molecular weight is 515 g/mol. The van der Waals surface area contributed by atoms with Crippen molar-refractivity contribution in [1.82, 2.24) is 20.3 Å². The first kappa shape index (κ1) is 25.1. The highest BCUT2D eigenvalue weighted by Crippen LogP contribution is 2.40. The Bertz CT molecular complexity index is 1380. The lowest BCUT2D eigenvalue weighted by Gasteiger charge is -2.34. The van der Waals surface area contributed by atoms with Crippen LogP contribution >= 0.6 is 23.2 Å². The molecule has 2 aromatic carbocycles. The molecule has 1 aromatic heterocycles. The summed E-state index contributed by atoms with van der Waals surface area (Å²) in [5.41, 5.74) is 0.997. The number of aliphatic hydroxyl groups excluding tert-OH is 1. The number of nitrogens with zero attached hydrogens (tertiary/aromatic N) is 3. The monoisotopic (exact) mass is 514 g/mol. The summed E-state index contributed by atoms with van der Waals surface area (Å²) in [4.78, 5) is 26.0. The Labute approximate surface area is 211 Å². The minimum absolute atomic E-state index is 0.112. The number of carbonyl (C=O) groups is 1. The Balaban J connectivity index is 1.55. The molecule has 182 valence electrons. The highest BCUT2D eigenvalue weighted by Gasteiger charge is 2.44. The first-order valence-corrected chi connectivity index (χ1v) is 11.7. The molecule has 0 aliphatic heterocycles. The molecule has 10 heteroatoms. The van der Waals surface area contributed by atoms with Gasteiger partial charge in [0.05, 0.1) is 22.5 Å². The van der Waals surface area contributed by atoms with Crippen LogP contribution in [-0.2, 0) is 11.2 Å². The largest absolute Gasteiger partial charge is 0.366 e. The number of aryl methyl sites for hydroxylation is 1. The van der Waals surface area contributed by atoms with Crippen LogP contribution in [0.4, 0.5) is 0 Å². The zero-order chi connectivity index (χ0) is 25.3. The molecule has 4 rings (SSSR count). The van der Waals surface area contributed by atoms with Crippen molar-refractivity contribution in [1.29, 1.82) is 0 Å². The van der Waals surface area contributed by atoms with Crippen LogP contribution in [-0.4, -0.2) is 48.8 Å². The van der Waals surface area contributed by atoms with Gasteiger partial charge in [0, 0.05) is 5.03 Å². The maximum absolute atomic E-state index is 13.0. The number of aliphatic hydroxyl groups is 2. The van der Waals surface area contributed by atoms with Crippen molar-refractivity contribution in [2.45, 2.75) is 38.0 Å². The summed E-state index contributed by atoms with van der Waals surface area (Å²) < 4.78 is 1.21. The number of aromatic nitrogens is 3. The molecule has 1 aliphatic rings. The second kappa shape index (κ2) is 9.91. The van der Waals surface area contributed by atoms with Crippen LogP contribution in [0.2, 0.25) is 0 Å². The Morgan fingerprint density at radius 2 is 1.94 bits per heavy atom. The fourth-order valence-corrected chi connectivity index (χ4v) is 4.60. The zero-order valence-electron chi connectivity index (χ0n) is 19.0. The Kier molecular flexibility index (Phi) is 7.10. The van der Waals surface area contributed by atoms with E-state index in [0.29, 0.717) is 22.2 Å². The van der Waals surface area contributed by atoms with Crippen LogP contribution < -0.4 is 10.9 Å². The Morgan fingerprint density at radius 3 is 2.60 bits per heavy atom. The summed E-state index contributed by atoms with van der Waals surface area (Å²) in [5, 5.41) is 30.7. The van der Waals surface area contributed by atoms with Gasteiger partial charge in [-0.2, -0.15) is 4.68 Å². The van der Waals surface area contributed by atoms with Crippen molar-refractivity contribution >= 4 is 40.0 Å². The van der Waals surface area contributed by atoms with E-state index in [2.05, 4.69) is 15.6 Å². The van der Waals surface area contributed by atoms with Crippen molar-refractivity contribution in [2.24, 2.45) is 5.41 Å². The van der Waals surface area contributed by atoms with Gasteiger partial charge in [0.2, 0.25) is 5.91 Å². The topological polar surface area (TPSA) is 117 Å². The second-order valence-corrected chi connectivity index (χ2v) is 9.52. The number of rotatable bonds is 6. The van der Waals surface area contributed by atoms with Gasteiger partial charge in [0.1, 0.15) is 10.9 Å². The van der Waals surface area contributed by atoms with E-state index in [1.165, 1.54) is 4.68 Å². The number of amides is 1. The molecular weight excluding hydrogens is 491 g/mol. The molecule has 35 heavy (non-hydrogen) atoms. The second-order valence-electron chi connectivity index (χ2n) is 8.64. The fraction of sp³-hybridized carbons (Fsp3) is 0.280. The normalized spacial score (nSPS) is 20.7. The molecule has 1 unspecified atom stereocenters. The molecule has 8 nitrogen and oxygen atoms in total. The summed E-state index contributed by atoms with van der Waals surface area (Å²) in [6.07, 6.45) is 3.19. The lowest BCUT2D eigenvalue weighted by molar-refractivity contribution is -0.133. The average Bonchev–Trinajstić information content (AvgIpc) is 2.82. The van der Waals surface area contributed by atoms with Crippen LogP contribution in [0.1, 0.15) is 18.1 Å². The van der Waals surface area contributed by atoms with E-state index >= 15 is 0 Å². The smallest absolute Gasteiger partial charge is 0.282 e. The van der Waals surface area contributed by atoms with Gasteiger partial charge in [-0.1, -0.05) is 53.2 Å². The molecule has 1 heterocycles. The predicted molar refractivity (Wildman–Crippen MR) is 135 cm³/mol. The number of halogens is 2. The zero-order valence-corrected chi connectivity index (χ0v) is 20.5. The number of benzene rings is 2. The number of hydrogen-bond acceptors (Lipinski definition) is 6. The Morgan fingerprint density at radius 1 is 1.23 bits per heavy atom. The summed E-state index contributed by atoms with van der Waals surface area (Å²) in [6, 6.07) is 11.2. The van der Waals surface area contributed by atoms with Crippen molar-refractivity contribution < 1.29 is 15.0 Å². The predicted octanol–water partition coefficient (Wildman–Crippen LogP) is 2.73. The van der Waals surface area contributed by atoms with Crippen molar-refractivity contribution in [3.8, 4) is 5.69 Å². The maximum Gasteiger partial charge on any atom is 0.282 e. The van der Waals surface area contributed by atoms with E-state index in [1.807, 2.05) is 19.1 Å². The van der Waals surface area contributed by atoms with Crippen molar-refractivity contribution in [3.63, 3.8) is 0 Å². The molecule has 0 bridgehead atoms. The number of hydrogen-bond donors (Lipinski definition) is 3. The van der Waals surface area contributed by atoms with Crippen LogP contribution in [0.15, 0.2) is 70.5 Å². The standard InChI is InChI=1S/C25H24Cl2N4O4/c1-14-5-3-6-17-21(14)22(32)31(30-29-17)16-11-9-15(10-12-16)13-18(23(33)34)28-24(35)25(2)19(26)7-4-8-20(25)27/h3-12,18-19,23,33-34H,13H2,1-2H3,(H,28,35)/t18-,19?,25-/m0/s1. The summed E-state index contributed by atoms with van der Waals surface area (Å²) in [6.45, 7) is 3.44. The molecule has 0 spiro atoms. The van der Waals surface area contributed by atoms with Gasteiger partial charge in [0.15, 0.2) is 6.29 Å². The third-order valence-electron chi connectivity index (χ3n) is 6.25. The SMILES string of the molecule is Cc1cccc2nnn(-c3ccc(C[C@H](NC(=O)[C@]4(C)C(Cl)=CC=CC4Cl)C(O)O)cc3)c(=O)c12. The molecule has 0 radical (unpaired) electrons. The van der Waals surface area contributed by atoms with Crippen LogP contribution in [0.3, 0.4) is 0 Å². The van der Waals surface area contributed by atoms with Crippen LogP contribution in [0.25, 0.3) is 16.6 Å². The van der Waals surface area contributed by atoms with Crippen molar-refractivity contribution in [2.75, 3.05) is 0 Å². The third kappa shape index (κ3) is 4.75. The molecule has 0 saturated heterocycles. The molecule has 0 saturated carbocycles. The summed E-state index contributed by atoms with van der Waals surface area (Å²) >= 11 is 12.6. The van der Waals surface area contributed by atoms with E-state index in [0.717, 1.165) is 5.56 Å². The summed E-state index contributed by atoms with van der Waals surface area (Å²) in [7, 11) is 0. The molecule has 1 amide bonds. The first-order valence-electron chi connectivity index (χ1n) is 10.9. The van der Waals surface area contributed by atoms with E-state index in [-0.39, 0.29) is 17.0 Å². The molecular formula is C25H24Cl2N4O4. The van der Waals surface area contributed by atoms with E-state index < -0.39 is 29.0 Å². The highest BCUT2D eigenvalue weighted by molar-refractivity contribution is 6.35. The van der Waals surface area contributed by atoms with Crippen molar-refractivity contribution in [3.05, 3.63) is 87.2 Å². The molecule has 1 aliphatic carbocycles. The Hall–Kier alpha value is -3.04. The van der Waals surface area contributed by atoms with Gasteiger partial charge >= 0.3 is 0 Å². The first-order chi connectivity index (χ1) is 16.6. The molecule has 3 atom stereocenters. The number of alkyl halides is 1. The minimum atomic E-state index is -1.82.